The van der Waals surface area contributed by atoms with E-state index in [2.05, 4.69) is 5.32 Å². The zero-order chi connectivity index (χ0) is 15.8. The van der Waals surface area contributed by atoms with E-state index in [0.717, 1.165) is 0 Å². The van der Waals surface area contributed by atoms with E-state index in [1.165, 1.54) is 18.2 Å². The molecule has 0 radical (unpaired) electrons. The predicted molar refractivity (Wildman–Crippen MR) is 74.6 cm³/mol. The van der Waals surface area contributed by atoms with E-state index < -0.39 is 17.8 Å². The smallest absolute Gasteiger partial charge is 0.323 e. The van der Waals surface area contributed by atoms with Gasteiger partial charge in [-0.1, -0.05) is 6.07 Å². The lowest BCUT2D eigenvalue weighted by atomic mass is 9.92. The number of amides is 1. The van der Waals surface area contributed by atoms with Crippen LogP contribution in [0.2, 0.25) is 0 Å². The first-order valence-corrected chi connectivity index (χ1v) is 6.52. The Bertz CT molecular complexity index is 572. The van der Waals surface area contributed by atoms with Gasteiger partial charge in [0.25, 0.3) is 0 Å². The van der Waals surface area contributed by atoms with Crippen molar-refractivity contribution in [1.29, 1.82) is 5.26 Å². The Kier molecular flexibility index (Phi) is 6.08. The molecular weight excluding hydrogens is 272 g/mol. The van der Waals surface area contributed by atoms with Crippen LogP contribution < -0.4 is 5.32 Å². The third-order valence-corrected chi connectivity index (χ3v) is 2.79. The first-order valence-electron chi connectivity index (χ1n) is 6.52. The topological polar surface area (TPSA) is 96.3 Å². The van der Waals surface area contributed by atoms with Crippen LogP contribution in [0, 0.1) is 11.3 Å². The summed E-state index contributed by atoms with van der Waals surface area (Å²) in [6, 6.07) is 6.14. The summed E-state index contributed by atoms with van der Waals surface area (Å²) in [7, 11) is 0. The lowest BCUT2D eigenvalue weighted by Crippen LogP contribution is -2.35. The normalized spacial score (nSPS) is 11.1. The summed E-state index contributed by atoms with van der Waals surface area (Å²) in [5, 5.41) is 11.5. The number of likely N-dealkylation sites (N-methyl/N-ethyl adjacent to an activating group) is 1. The van der Waals surface area contributed by atoms with E-state index in [0.29, 0.717) is 12.8 Å². The van der Waals surface area contributed by atoms with Crippen molar-refractivity contribution in [3.63, 3.8) is 0 Å². The summed E-state index contributed by atoms with van der Waals surface area (Å²) in [5.74, 6) is -2.57. The molecule has 0 heterocycles. The molecule has 6 nitrogen and oxygen atoms in total. The molecule has 0 aliphatic rings. The van der Waals surface area contributed by atoms with Crippen LogP contribution in [0.5, 0.6) is 0 Å². The predicted octanol–water partition coefficient (Wildman–Crippen LogP) is 1.15. The molecule has 0 spiro atoms. The lowest BCUT2D eigenvalue weighted by molar-refractivity contribution is -0.148. The number of carbonyl (C=O) groups excluding carboxylic acids is 3. The van der Waals surface area contributed by atoms with E-state index in [-0.39, 0.29) is 23.3 Å². The molecule has 6 heteroatoms. The number of aldehydes is 1. The SMILES string of the molecule is CCNC(=O)C(C(=O)OCC)c1cc(C#N)ccc1C=O. The molecule has 1 unspecified atom stereocenters. The minimum absolute atomic E-state index is 0.114. The van der Waals surface area contributed by atoms with E-state index in [1.807, 2.05) is 6.07 Å². The molecule has 1 rings (SSSR count). The van der Waals surface area contributed by atoms with Gasteiger partial charge in [-0.15, -0.1) is 0 Å². The van der Waals surface area contributed by atoms with Gasteiger partial charge >= 0.3 is 5.97 Å². The third-order valence-electron chi connectivity index (χ3n) is 2.79. The molecule has 0 bridgehead atoms. The highest BCUT2D eigenvalue weighted by Gasteiger charge is 2.31. The van der Waals surface area contributed by atoms with Crippen LogP contribution >= 0.6 is 0 Å². The Morgan fingerprint density at radius 2 is 2.14 bits per heavy atom. The molecule has 0 saturated heterocycles. The Morgan fingerprint density at radius 1 is 1.43 bits per heavy atom. The molecule has 1 atom stereocenters. The molecule has 1 amide bonds. The van der Waals surface area contributed by atoms with Gasteiger partial charge in [-0.25, -0.2) is 0 Å². The van der Waals surface area contributed by atoms with Gasteiger partial charge in [0.2, 0.25) is 5.91 Å². The van der Waals surface area contributed by atoms with Crippen molar-refractivity contribution in [3.05, 3.63) is 34.9 Å². The number of nitrogens with zero attached hydrogens (tertiary/aromatic N) is 1. The Hall–Kier alpha value is -2.68. The number of benzene rings is 1. The number of esters is 1. The summed E-state index contributed by atoms with van der Waals surface area (Å²) < 4.78 is 4.90. The lowest BCUT2D eigenvalue weighted by Gasteiger charge is -2.17. The molecule has 0 saturated carbocycles. The van der Waals surface area contributed by atoms with Crippen molar-refractivity contribution >= 4 is 18.2 Å². The Balaban J connectivity index is 3.37. The van der Waals surface area contributed by atoms with Gasteiger partial charge in [0.15, 0.2) is 5.92 Å². The maximum atomic E-state index is 12.1. The molecule has 1 aromatic rings. The second-order valence-electron chi connectivity index (χ2n) is 4.15. The fourth-order valence-corrected chi connectivity index (χ4v) is 1.88. The fraction of sp³-hybridized carbons (Fsp3) is 0.333. The summed E-state index contributed by atoms with van der Waals surface area (Å²) in [5.41, 5.74) is 0.612. The van der Waals surface area contributed by atoms with E-state index >= 15 is 0 Å². The maximum Gasteiger partial charge on any atom is 0.323 e. The minimum atomic E-state index is -1.27. The second kappa shape index (κ2) is 7.80. The Labute approximate surface area is 122 Å². The fourth-order valence-electron chi connectivity index (χ4n) is 1.88. The average molecular weight is 288 g/mol. The van der Waals surface area contributed by atoms with Crippen LogP contribution in [0.3, 0.4) is 0 Å². The van der Waals surface area contributed by atoms with Gasteiger partial charge in [0.1, 0.15) is 6.29 Å². The van der Waals surface area contributed by atoms with Gasteiger partial charge in [0.05, 0.1) is 18.2 Å². The number of hydrogen-bond acceptors (Lipinski definition) is 5. The molecule has 110 valence electrons. The average Bonchev–Trinajstić information content (AvgIpc) is 2.48. The van der Waals surface area contributed by atoms with Crippen LogP contribution in [-0.4, -0.2) is 31.3 Å². The van der Waals surface area contributed by atoms with Gasteiger partial charge in [-0.2, -0.15) is 5.26 Å². The quantitative estimate of drug-likeness (QED) is 0.481. The highest BCUT2D eigenvalue weighted by molar-refractivity contribution is 6.05. The molecule has 0 aromatic heterocycles. The summed E-state index contributed by atoms with van der Waals surface area (Å²) in [6.07, 6.45) is 0.544. The monoisotopic (exact) mass is 288 g/mol. The van der Waals surface area contributed by atoms with Crippen molar-refractivity contribution in [2.24, 2.45) is 0 Å². The van der Waals surface area contributed by atoms with Crippen LogP contribution in [-0.2, 0) is 14.3 Å². The van der Waals surface area contributed by atoms with Crippen molar-refractivity contribution in [2.45, 2.75) is 19.8 Å². The first kappa shape index (κ1) is 16.4. The Morgan fingerprint density at radius 3 is 2.67 bits per heavy atom. The number of nitrogens with one attached hydrogen (secondary N) is 1. The highest BCUT2D eigenvalue weighted by atomic mass is 16.5. The number of ether oxygens (including phenoxy) is 1. The van der Waals surface area contributed by atoms with Gasteiger partial charge in [-0.3, -0.25) is 14.4 Å². The number of hydrogen-bond donors (Lipinski definition) is 1. The highest BCUT2D eigenvalue weighted by Crippen LogP contribution is 2.23. The number of rotatable bonds is 6. The molecule has 0 aliphatic heterocycles. The molecule has 0 aliphatic carbocycles. The van der Waals surface area contributed by atoms with E-state index in [9.17, 15) is 14.4 Å². The summed E-state index contributed by atoms with van der Waals surface area (Å²) in [4.78, 5) is 35.3. The zero-order valence-electron chi connectivity index (χ0n) is 11.9. The summed E-state index contributed by atoms with van der Waals surface area (Å²) >= 11 is 0. The second-order valence-corrected chi connectivity index (χ2v) is 4.15. The first-order chi connectivity index (χ1) is 10.1. The van der Waals surface area contributed by atoms with Crippen LogP contribution in [0.15, 0.2) is 18.2 Å². The maximum absolute atomic E-state index is 12.1. The van der Waals surface area contributed by atoms with Crippen molar-refractivity contribution in [2.75, 3.05) is 13.2 Å². The van der Waals surface area contributed by atoms with Crippen LogP contribution in [0.1, 0.15) is 41.3 Å². The van der Waals surface area contributed by atoms with E-state index in [4.69, 9.17) is 10.00 Å². The van der Waals surface area contributed by atoms with Gasteiger partial charge in [-0.05, 0) is 31.5 Å². The third kappa shape index (κ3) is 3.89. The van der Waals surface area contributed by atoms with Gasteiger partial charge < -0.3 is 10.1 Å². The zero-order valence-corrected chi connectivity index (χ0v) is 11.9. The van der Waals surface area contributed by atoms with Crippen LogP contribution in [0.25, 0.3) is 0 Å². The molecule has 0 fully saturated rings. The molecular formula is C15H16N2O4. The van der Waals surface area contributed by atoms with Crippen molar-refractivity contribution in [1.82, 2.24) is 5.32 Å². The van der Waals surface area contributed by atoms with Crippen LogP contribution in [0.4, 0.5) is 0 Å². The standard InChI is InChI=1S/C15H16N2O4/c1-3-17-14(19)13(15(20)21-4-2)12-7-10(8-16)5-6-11(12)9-18/h5-7,9,13H,3-4H2,1-2H3,(H,17,19). The van der Waals surface area contributed by atoms with Crippen molar-refractivity contribution in [3.8, 4) is 6.07 Å². The van der Waals surface area contributed by atoms with E-state index in [1.54, 1.807) is 13.8 Å². The molecule has 1 aromatic carbocycles. The largest absolute Gasteiger partial charge is 0.465 e. The molecule has 21 heavy (non-hydrogen) atoms. The number of carbonyl (C=O) groups is 3. The minimum Gasteiger partial charge on any atom is -0.465 e. The number of nitriles is 1. The summed E-state index contributed by atoms with van der Waals surface area (Å²) in [6.45, 7) is 3.79. The van der Waals surface area contributed by atoms with Crippen molar-refractivity contribution < 1.29 is 19.1 Å². The van der Waals surface area contributed by atoms with Gasteiger partial charge in [0, 0.05) is 12.1 Å². The molecule has 1 N–H and O–H groups in total.